The first kappa shape index (κ1) is 22.6. The molecule has 0 bridgehead atoms. The highest BCUT2D eigenvalue weighted by Gasteiger charge is 2.35. The van der Waals surface area contributed by atoms with E-state index < -0.39 is 0 Å². The highest BCUT2D eigenvalue weighted by Crippen LogP contribution is 2.42. The zero-order valence-corrected chi connectivity index (χ0v) is 21.5. The number of likely N-dealkylation sites (N-methyl/N-ethyl adjacent to an activating group) is 1. The molecule has 36 heavy (non-hydrogen) atoms. The van der Waals surface area contributed by atoms with Crippen molar-refractivity contribution in [2.24, 2.45) is 0 Å². The van der Waals surface area contributed by atoms with Gasteiger partial charge in [-0.3, -0.25) is 5.32 Å². The topological polar surface area (TPSA) is 24.8 Å². The van der Waals surface area contributed by atoms with Gasteiger partial charge >= 0.3 is 0 Å². The zero-order valence-electron chi connectivity index (χ0n) is 21.5. The Hall–Kier alpha value is -3.82. The molecule has 0 spiro atoms. The average molecular weight is 473 g/mol. The molecule has 0 saturated heterocycles. The van der Waals surface area contributed by atoms with Crippen LogP contribution in [0.5, 0.6) is 0 Å². The van der Waals surface area contributed by atoms with Crippen molar-refractivity contribution in [1.29, 1.82) is 0 Å². The minimum Gasteiger partial charge on any atom is -0.366 e. The Morgan fingerprint density at radius 2 is 1.47 bits per heavy atom. The second kappa shape index (κ2) is 8.69. The summed E-state index contributed by atoms with van der Waals surface area (Å²) < 4.78 is 2.41. The Morgan fingerprint density at radius 1 is 0.833 bits per heavy atom. The van der Waals surface area contributed by atoms with E-state index in [1.165, 1.54) is 55.7 Å². The number of nitrogens with zero attached hydrogens (tertiary/aromatic N) is 2. The van der Waals surface area contributed by atoms with Gasteiger partial charge in [0.2, 0.25) is 0 Å². The minimum atomic E-state index is -0.101. The molecule has 0 aliphatic carbocycles. The molecule has 4 aromatic carbocycles. The van der Waals surface area contributed by atoms with Crippen LogP contribution in [0.15, 0.2) is 103 Å². The van der Waals surface area contributed by atoms with E-state index in [0.717, 1.165) is 19.4 Å². The molecule has 0 radical (unpaired) electrons. The number of nitrogens with two attached hydrogens (primary N) is 1. The van der Waals surface area contributed by atoms with Crippen LogP contribution in [0.25, 0.3) is 27.5 Å². The maximum Gasteiger partial charge on any atom is 0.158 e. The van der Waals surface area contributed by atoms with Crippen molar-refractivity contribution in [3.8, 4) is 5.69 Å². The van der Waals surface area contributed by atoms with Crippen molar-refractivity contribution in [1.82, 2.24) is 4.57 Å². The molecule has 1 atom stereocenters. The Bertz CT molecular complexity index is 1560. The smallest absolute Gasteiger partial charge is 0.158 e. The molecule has 2 heterocycles. The van der Waals surface area contributed by atoms with Gasteiger partial charge in [-0.2, -0.15) is 0 Å². The Balaban J connectivity index is 1.63. The summed E-state index contributed by atoms with van der Waals surface area (Å²) in [6, 6.07) is 33.2. The van der Waals surface area contributed by atoms with E-state index in [2.05, 4.69) is 133 Å². The summed E-state index contributed by atoms with van der Waals surface area (Å²) in [5, 5.41) is 4.96. The molecule has 6 rings (SSSR count). The molecular formula is C33H34N3+. The van der Waals surface area contributed by atoms with Crippen molar-refractivity contribution < 1.29 is 5.32 Å². The van der Waals surface area contributed by atoms with Crippen molar-refractivity contribution in [2.75, 3.05) is 18.5 Å². The summed E-state index contributed by atoms with van der Waals surface area (Å²) >= 11 is 0. The fourth-order valence-electron chi connectivity index (χ4n) is 6.18. The number of anilines is 1. The predicted molar refractivity (Wildman–Crippen MR) is 153 cm³/mol. The number of quaternary nitrogens is 1. The van der Waals surface area contributed by atoms with Gasteiger partial charge in [0, 0.05) is 47.5 Å². The molecular weight excluding hydrogens is 438 g/mol. The first-order chi connectivity index (χ1) is 17.5. The van der Waals surface area contributed by atoms with Crippen molar-refractivity contribution in [3.05, 3.63) is 109 Å². The van der Waals surface area contributed by atoms with Gasteiger partial charge in [0.15, 0.2) is 5.69 Å². The van der Waals surface area contributed by atoms with Crippen LogP contribution in [0.2, 0.25) is 0 Å². The molecule has 3 heteroatoms. The summed E-state index contributed by atoms with van der Waals surface area (Å²) in [5.41, 5.74) is 9.96. The second-order valence-electron chi connectivity index (χ2n) is 10.4. The number of aromatic nitrogens is 1. The van der Waals surface area contributed by atoms with Crippen LogP contribution >= 0.6 is 0 Å². The van der Waals surface area contributed by atoms with Gasteiger partial charge in [0.05, 0.1) is 22.4 Å². The van der Waals surface area contributed by atoms with Gasteiger partial charge in [-0.15, -0.1) is 0 Å². The molecule has 1 aliphatic heterocycles. The molecule has 1 aromatic heterocycles. The average Bonchev–Trinajstić information content (AvgIpc) is 3.24. The quantitative estimate of drug-likeness (QED) is 0.215. The zero-order chi connectivity index (χ0) is 24.9. The number of hydrogen-bond donors (Lipinski definition) is 1. The van der Waals surface area contributed by atoms with Crippen LogP contribution in [-0.2, 0) is 5.41 Å². The lowest BCUT2D eigenvalue weighted by molar-refractivity contribution is -0.478. The molecule has 3 nitrogen and oxygen atoms in total. The lowest BCUT2D eigenvalue weighted by atomic mass is 9.72. The summed E-state index contributed by atoms with van der Waals surface area (Å²) in [5.74, 6) is 0. The first-order valence-electron chi connectivity index (χ1n) is 13.0. The lowest BCUT2D eigenvalue weighted by Crippen LogP contribution is -2.72. The largest absolute Gasteiger partial charge is 0.366 e. The number of rotatable bonds is 3. The molecule has 0 saturated carbocycles. The number of para-hydroxylation sites is 4. The van der Waals surface area contributed by atoms with Crippen LogP contribution in [0.4, 0.5) is 17.1 Å². The standard InChI is InChI=1S/C33H33N3/c1-5-20-33(3)23(2)22-35(4)32-17-11-8-14-28(32)34-29-21-24(18-19-27(29)33)36-30-15-9-6-12-25(30)26-13-7-10-16-31(26)36/h6-19,21,34H,2,5,20,22H2,1,3-4H3/p+1. The summed E-state index contributed by atoms with van der Waals surface area (Å²) in [4.78, 5) is 2.35. The highest BCUT2D eigenvalue weighted by molar-refractivity contribution is 6.09. The number of benzene rings is 4. The summed E-state index contributed by atoms with van der Waals surface area (Å²) in [6.07, 6.45) is 2.19. The maximum atomic E-state index is 4.64. The SMILES string of the molecule is C=C1CN(C)c2ccccc2[NH2+]c2cc(-n3c4ccccc4c4ccccc43)ccc2C1(C)CCC. The van der Waals surface area contributed by atoms with Crippen molar-refractivity contribution in [2.45, 2.75) is 32.1 Å². The van der Waals surface area contributed by atoms with Gasteiger partial charge < -0.3 is 9.47 Å². The van der Waals surface area contributed by atoms with E-state index in [0.29, 0.717) is 0 Å². The van der Waals surface area contributed by atoms with Crippen molar-refractivity contribution >= 4 is 38.9 Å². The lowest BCUT2D eigenvalue weighted by Gasteiger charge is -2.34. The Morgan fingerprint density at radius 3 is 2.17 bits per heavy atom. The van der Waals surface area contributed by atoms with Gasteiger partial charge in [-0.1, -0.05) is 81.4 Å². The van der Waals surface area contributed by atoms with E-state index in [4.69, 9.17) is 0 Å². The summed E-state index contributed by atoms with van der Waals surface area (Å²) in [7, 11) is 2.18. The fourth-order valence-corrected chi connectivity index (χ4v) is 6.18. The second-order valence-corrected chi connectivity index (χ2v) is 10.4. The van der Waals surface area contributed by atoms with Crippen LogP contribution in [0.1, 0.15) is 32.3 Å². The molecule has 2 N–H and O–H groups in total. The number of fused-ring (bicyclic) bond motifs is 5. The fraction of sp³-hybridized carbons (Fsp3) is 0.212. The normalized spacial score (nSPS) is 18.0. The third-order valence-corrected chi connectivity index (χ3v) is 8.09. The summed E-state index contributed by atoms with van der Waals surface area (Å²) in [6.45, 7) is 10.1. The highest BCUT2D eigenvalue weighted by atomic mass is 15.1. The molecule has 1 aliphatic rings. The molecule has 5 aromatic rings. The van der Waals surface area contributed by atoms with E-state index in [1.54, 1.807) is 0 Å². The van der Waals surface area contributed by atoms with Crippen LogP contribution in [-0.4, -0.2) is 18.2 Å². The van der Waals surface area contributed by atoms with Gasteiger partial charge in [-0.05, 0) is 36.3 Å². The maximum absolute atomic E-state index is 4.64. The minimum absolute atomic E-state index is 0.101. The van der Waals surface area contributed by atoms with E-state index in [1.807, 2.05) is 0 Å². The molecule has 0 fully saturated rings. The predicted octanol–water partition coefficient (Wildman–Crippen LogP) is 7.37. The third-order valence-electron chi connectivity index (χ3n) is 8.09. The van der Waals surface area contributed by atoms with E-state index in [-0.39, 0.29) is 5.41 Å². The third kappa shape index (κ3) is 3.46. The van der Waals surface area contributed by atoms with Crippen LogP contribution in [0, 0.1) is 0 Å². The van der Waals surface area contributed by atoms with Gasteiger partial charge in [-0.25, -0.2) is 0 Å². The molecule has 0 amide bonds. The van der Waals surface area contributed by atoms with Gasteiger partial charge in [0.1, 0.15) is 5.69 Å². The van der Waals surface area contributed by atoms with Crippen LogP contribution in [0.3, 0.4) is 0 Å². The number of hydrogen-bond acceptors (Lipinski definition) is 1. The molecule has 180 valence electrons. The Kier molecular flexibility index (Phi) is 5.46. The first-order valence-corrected chi connectivity index (χ1v) is 13.0. The Labute approximate surface area is 213 Å². The van der Waals surface area contributed by atoms with E-state index >= 15 is 0 Å². The van der Waals surface area contributed by atoms with Crippen LogP contribution < -0.4 is 10.2 Å². The van der Waals surface area contributed by atoms with Gasteiger partial charge in [0.25, 0.3) is 0 Å². The monoisotopic (exact) mass is 472 g/mol. The molecule has 1 unspecified atom stereocenters. The van der Waals surface area contributed by atoms with Crippen molar-refractivity contribution in [3.63, 3.8) is 0 Å². The van der Waals surface area contributed by atoms with E-state index in [9.17, 15) is 0 Å².